The number of nitrogens with one attached hydrogen (secondary N) is 1. The molecule has 7 nitrogen and oxygen atoms in total. The molecule has 1 aliphatic rings. The fraction of sp³-hybridized carbons (Fsp3) is 0.500. The van der Waals surface area contributed by atoms with Crippen molar-refractivity contribution in [2.75, 3.05) is 19.8 Å². The van der Waals surface area contributed by atoms with Crippen molar-refractivity contribution < 1.29 is 19.4 Å². The first kappa shape index (κ1) is 11.6. The van der Waals surface area contributed by atoms with Gasteiger partial charge in [-0.05, 0) is 13.0 Å². The second kappa shape index (κ2) is 4.54. The predicted molar refractivity (Wildman–Crippen MR) is 56.6 cm³/mol. The molecule has 0 spiro atoms. The Morgan fingerprint density at radius 1 is 1.65 bits per heavy atom. The summed E-state index contributed by atoms with van der Waals surface area (Å²) in [5, 5.41) is 15.5. The molecule has 0 aliphatic carbocycles. The molecule has 92 valence electrons. The van der Waals surface area contributed by atoms with Crippen LogP contribution in [0, 0.1) is 6.92 Å². The molecule has 1 amide bonds. The number of aryl methyl sites for hydroxylation is 1. The smallest absolute Gasteiger partial charge is 0.328 e. The zero-order valence-corrected chi connectivity index (χ0v) is 9.34. The summed E-state index contributed by atoms with van der Waals surface area (Å²) < 4.78 is 5.06. The highest BCUT2D eigenvalue weighted by molar-refractivity contribution is 5.95. The van der Waals surface area contributed by atoms with E-state index in [2.05, 4.69) is 10.2 Å². The van der Waals surface area contributed by atoms with E-state index in [9.17, 15) is 9.59 Å². The summed E-state index contributed by atoms with van der Waals surface area (Å²) in [7, 11) is 0. The van der Waals surface area contributed by atoms with Gasteiger partial charge in [0.1, 0.15) is 5.69 Å². The van der Waals surface area contributed by atoms with Crippen molar-refractivity contribution >= 4 is 11.9 Å². The van der Waals surface area contributed by atoms with Crippen LogP contribution in [0.1, 0.15) is 16.2 Å². The summed E-state index contributed by atoms with van der Waals surface area (Å²) in [4.78, 5) is 24.3. The first-order chi connectivity index (χ1) is 8.09. The number of nitrogens with zero attached hydrogens (tertiary/aromatic N) is 2. The first-order valence-corrected chi connectivity index (χ1v) is 5.23. The van der Waals surface area contributed by atoms with Crippen LogP contribution in [-0.4, -0.2) is 57.9 Å². The number of carboxylic acids is 1. The Labute approximate surface area is 97.4 Å². The third kappa shape index (κ3) is 2.28. The van der Waals surface area contributed by atoms with Gasteiger partial charge in [0.05, 0.1) is 13.2 Å². The lowest BCUT2D eigenvalue weighted by atomic mass is 10.2. The zero-order chi connectivity index (χ0) is 12.4. The van der Waals surface area contributed by atoms with Crippen LogP contribution in [0.3, 0.4) is 0 Å². The average molecular weight is 239 g/mol. The number of morpholine rings is 1. The molecule has 1 saturated heterocycles. The Bertz CT molecular complexity index is 443. The summed E-state index contributed by atoms with van der Waals surface area (Å²) in [6.07, 6.45) is 0. The number of ether oxygens (including phenoxy) is 1. The lowest BCUT2D eigenvalue weighted by Crippen LogP contribution is -2.52. The number of amides is 1. The molecule has 1 fully saturated rings. The second-order valence-corrected chi connectivity index (χ2v) is 3.86. The number of hydrogen-bond acceptors (Lipinski definition) is 4. The summed E-state index contributed by atoms with van der Waals surface area (Å²) in [5.41, 5.74) is 0.990. The van der Waals surface area contributed by atoms with Crippen molar-refractivity contribution in [1.82, 2.24) is 15.1 Å². The zero-order valence-electron chi connectivity index (χ0n) is 9.34. The van der Waals surface area contributed by atoms with Crippen molar-refractivity contribution in [2.24, 2.45) is 0 Å². The number of carboxylic acid groups (broad SMARTS) is 1. The highest BCUT2D eigenvalue weighted by Crippen LogP contribution is 2.12. The van der Waals surface area contributed by atoms with Gasteiger partial charge in [0.15, 0.2) is 6.04 Å². The minimum absolute atomic E-state index is 0.0183. The fourth-order valence-corrected chi connectivity index (χ4v) is 1.73. The van der Waals surface area contributed by atoms with Gasteiger partial charge in [0.25, 0.3) is 5.91 Å². The molecule has 7 heteroatoms. The molecule has 1 aromatic heterocycles. The van der Waals surface area contributed by atoms with Crippen LogP contribution < -0.4 is 0 Å². The largest absolute Gasteiger partial charge is 0.480 e. The molecule has 1 aromatic rings. The van der Waals surface area contributed by atoms with Gasteiger partial charge in [-0.15, -0.1) is 0 Å². The standard InChI is InChI=1S/C10H13N3O4/c1-6-4-7(12-11-6)9(14)13-2-3-17-5-8(13)10(15)16/h4,8H,2-3,5H2,1H3,(H,11,12)(H,15,16). The molecule has 2 heterocycles. The molecule has 2 N–H and O–H groups in total. The normalized spacial score (nSPS) is 20.3. The fourth-order valence-electron chi connectivity index (χ4n) is 1.73. The maximum Gasteiger partial charge on any atom is 0.328 e. The maximum atomic E-state index is 12.1. The van der Waals surface area contributed by atoms with Crippen molar-refractivity contribution in [1.29, 1.82) is 0 Å². The van der Waals surface area contributed by atoms with Gasteiger partial charge in [0, 0.05) is 12.2 Å². The highest BCUT2D eigenvalue weighted by atomic mass is 16.5. The third-order valence-corrected chi connectivity index (χ3v) is 2.60. The lowest BCUT2D eigenvalue weighted by molar-refractivity contribution is -0.147. The Kier molecular flexibility index (Phi) is 3.10. The van der Waals surface area contributed by atoms with Crippen molar-refractivity contribution in [2.45, 2.75) is 13.0 Å². The van der Waals surface area contributed by atoms with E-state index in [0.717, 1.165) is 5.69 Å². The summed E-state index contributed by atoms with van der Waals surface area (Å²) in [5.74, 6) is -1.45. The van der Waals surface area contributed by atoms with Gasteiger partial charge in [0.2, 0.25) is 0 Å². The number of hydrogen-bond donors (Lipinski definition) is 2. The van der Waals surface area contributed by atoms with Crippen LogP contribution in [-0.2, 0) is 9.53 Å². The van der Waals surface area contributed by atoms with Crippen molar-refractivity contribution in [3.8, 4) is 0 Å². The minimum Gasteiger partial charge on any atom is -0.480 e. The molecule has 17 heavy (non-hydrogen) atoms. The molecule has 1 aliphatic heterocycles. The van der Waals surface area contributed by atoms with Gasteiger partial charge in [-0.1, -0.05) is 0 Å². The van der Waals surface area contributed by atoms with Crippen LogP contribution in [0.5, 0.6) is 0 Å². The topological polar surface area (TPSA) is 95.5 Å². The average Bonchev–Trinajstić information content (AvgIpc) is 2.75. The highest BCUT2D eigenvalue weighted by Gasteiger charge is 2.34. The Hall–Kier alpha value is -1.89. The summed E-state index contributed by atoms with van der Waals surface area (Å²) >= 11 is 0. The van der Waals surface area contributed by atoms with Crippen LogP contribution in [0.2, 0.25) is 0 Å². The van der Waals surface area contributed by atoms with E-state index < -0.39 is 12.0 Å². The van der Waals surface area contributed by atoms with Crippen LogP contribution in [0.25, 0.3) is 0 Å². The number of aliphatic carboxylic acids is 1. The number of aromatic amines is 1. The Morgan fingerprint density at radius 2 is 2.41 bits per heavy atom. The number of H-pyrrole nitrogens is 1. The molecule has 0 bridgehead atoms. The quantitative estimate of drug-likeness (QED) is 0.735. The third-order valence-electron chi connectivity index (χ3n) is 2.60. The minimum atomic E-state index is -1.06. The molecule has 0 aromatic carbocycles. The molecule has 2 rings (SSSR count). The van der Waals surface area contributed by atoms with E-state index in [4.69, 9.17) is 9.84 Å². The van der Waals surface area contributed by atoms with E-state index >= 15 is 0 Å². The van der Waals surface area contributed by atoms with E-state index in [1.807, 2.05) is 0 Å². The molecule has 1 unspecified atom stereocenters. The van der Waals surface area contributed by atoms with Gasteiger partial charge < -0.3 is 14.7 Å². The van der Waals surface area contributed by atoms with Gasteiger partial charge >= 0.3 is 5.97 Å². The van der Waals surface area contributed by atoms with Crippen LogP contribution in [0.4, 0.5) is 0 Å². The van der Waals surface area contributed by atoms with Gasteiger partial charge in [-0.2, -0.15) is 5.10 Å². The Balaban J connectivity index is 2.19. The number of rotatable bonds is 2. The maximum absolute atomic E-state index is 12.1. The number of carbonyl (C=O) groups is 2. The molecule has 0 radical (unpaired) electrons. The van der Waals surface area contributed by atoms with E-state index in [1.54, 1.807) is 13.0 Å². The van der Waals surface area contributed by atoms with Crippen molar-refractivity contribution in [3.63, 3.8) is 0 Å². The van der Waals surface area contributed by atoms with Crippen LogP contribution in [0.15, 0.2) is 6.07 Å². The van der Waals surface area contributed by atoms with E-state index in [1.165, 1.54) is 4.90 Å². The SMILES string of the molecule is Cc1cc(C(=O)N2CCOCC2C(=O)O)n[nH]1. The second-order valence-electron chi connectivity index (χ2n) is 3.86. The molecular weight excluding hydrogens is 226 g/mol. The Morgan fingerprint density at radius 3 is 3.00 bits per heavy atom. The van der Waals surface area contributed by atoms with Gasteiger partial charge in [-0.3, -0.25) is 9.89 Å². The molecule has 0 saturated carbocycles. The monoisotopic (exact) mass is 239 g/mol. The predicted octanol–water partition coefficient (Wildman–Crippen LogP) is -0.356. The molecular formula is C10H13N3O4. The lowest BCUT2D eigenvalue weighted by Gasteiger charge is -2.32. The van der Waals surface area contributed by atoms with Gasteiger partial charge in [-0.25, -0.2) is 4.79 Å². The number of aromatic nitrogens is 2. The summed E-state index contributed by atoms with van der Waals surface area (Å²) in [6.45, 7) is 2.41. The first-order valence-electron chi connectivity index (χ1n) is 5.23. The van der Waals surface area contributed by atoms with Crippen molar-refractivity contribution in [3.05, 3.63) is 17.5 Å². The van der Waals surface area contributed by atoms with E-state index in [-0.39, 0.29) is 24.8 Å². The molecule has 1 atom stereocenters. The van der Waals surface area contributed by atoms with E-state index in [0.29, 0.717) is 6.61 Å². The van der Waals surface area contributed by atoms with Crippen LogP contribution >= 0.6 is 0 Å². The number of carbonyl (C=O) groups excluding carboxylic acids is 1. The summed E-state index contributed by atoms with van der Waals surface area (Å²) in [6, 6.07) is 0.657.